The van der Waals surface area contributed by atoms with Crippen molar-refractivity contribution in [3.63, 3.8) is 0 Å². The number of hydrogen-bond donors (Lipinski definition) is 1. The molecule has 3 rings (SSSR count). The lowest BCUT2D eigenvalue weighted by Crippen LogP contribution is -2.53. The SMILES string of the molecule is CC[C@@H](C(=O)NC1CCCCC1)N(CCc1ccccc1)C(=O)COc1ccc(C(C)C)cc1. The topological polar surface area (TPSA) is 58.6 Å². The smallest absolute Gasteiger partial charge is 0.261 e. The fourth-order valence-corrected chi connectivity index (χ4v) is 4.62. The molecule has 0 aliphatic heterocycles. The van der Waals surface area contributed by atoms with Gasteiger partial charge in [-0.15, -0.1) is 0 Å². The van der Waals surface area contributed by atoms with Crippen LogP contribution in [-0.4, -0.2) is 41.9 Å². The zero-order valence-corrected chi connectivity index (χ0v) is 21.0. The molecule has 0 bridgehead atoms. The molecule has 2 amide bonds. The summed E-state index contributed by atoms with van der Waals surface area (Å²) in [5, 5.41) is 3.22. The minimum Gasteiger partial charge on any atom is -0.484 e. The summed E-state index contributed by atoms with van der Waals surface area (Å²) in [6.07, 6.45) is 6.86. The molecule has 0 unspecified atom stereocenters. The molecule has 184 valence electrons. The Bertz CT molecular complexity index is 889. The van der Waals surface area contributed by atoms with E-state index in [1.54, 1.807) is 4.90 Å². The summed E-state index contributed by atoms with van der Waals surface area (Å²) in [6.45, 7) is 6.66. The van der Waals surface area contributed by atoms with Gasteiger partial charge in [-0.2, -0.15) is 0 Å². The number of carbonyl (C=O) groups is 2. The molecular weight excluding hydrogens is 424 g/mol. The van der Waals surface area contributed by atoms with Gasteiger partial charge in [0.05, 0.1) is 0 Å². The molecular formula is C29H40N2O3. The second kappa shape index (κ2) is 13.2. The number of nitrogens with one attached hydrogen (secondary N) is 1. The highest BCUT2D eigenvalue weighted by atomic mass is 16.5. The van der Waals surface area contributed by atoms with Crippen LogP contribution >= 0.6 is 0 Å². The van der Waals surface area contributed by atoms with E-state index in [4.69, 9.17) is 4.74 Å². The Hall–Kier alpha value is -2.82. The Morgan fingerprint density at radius 3 is 2.29 bits per heavy atom. The Balaban J connectivity index is 1.68. The third-order valence-corrected chi connectivity index (χ3v) is 6.73. The van der Waals surface area contributed by atoms with Gasteiger partial charge in [-0.05, 0) is 54.9 Å². The predicted molar refractivity (Wildman–Crippen MR) is 137 cm³/mol. The lowest BCUT2D eigenvalue weighted by atomic mass is 9.95. The zero-order chi connectivity index (χ0) is 24.3. The van der Waals surface area contributed by atoms with Crippen molar-refractivity contribution in [1.29, 1.82) is 0 Å². The van der Waals surface area contributed by atoms with Gasteiger partial charge in [-0.3, -0.25) is 9.59 Å². The molecule has 5 nitrogen and oxygen atoms in total. The van der Waals surface area contributed by atoms with E-state index < -0.39 is 6.04 Å². The highest BCUT2D eigenvalue weighted by Crippen LogP contribution is 2.20. The average Bonchev–Trinajstić information content (AvgIpc) is 2.86. The number of ether oxygens (including phenoxy) is 1. The van der Waals surface area contributed by atoms with Crippen LogP contribution in [0.3, 0.4) is 0 Å². The molecule has 0 saturated heterocycles. The van der Waals surface area contributed by atoms with Crippen molar-refractivity contribution < 1.29 is 14.3 Å². The zero-order valence-electron chi connectivity index (χ0n) is 21.0. The van der Waals surface area contributed by atoms with Crippen LogP contribution in [0.5, 0.6) is 5.75 Å². The average molecular weight is 465 g/mol. The molecule has 1 saturated carbocycles. The molecule has 0 spiro atoms. The highest BCUT2D eigenvalue weighted by Gasteiger charge is 2.30. The summed E-state index contributed by atoms with van der Waals surface area (Å²) < 4.78 is 5.84. The molecule has 5 heteroatoms. The van der Waals surface area contributed by atoms with Gasteiger partial charge < -0.3 is 15.0 Å². The fraction of sp³-hybridized carbons (Fsp3) is 0.517. The summed E-state index contributed by atoms with van der Waals surface area (Å²) in [4.78, 5) is 28.3. The molecule has 0 radical (unpaired) electrons. The molecule has 2 aromatic rings. The van der Waals surface area contributed by atoms with E-state index in [9.17, 15) is 9.59 Å². The summed E-state index contributed by atoms with van der Waals surface area (Å²) in [6, 6.07) is 17.7. The normalized spacial score (nSPS) is 15.1. The number of nitrogens with zero attached hydrogens (tertiary/aromatic N) is 1. The molecule has 1 aliphatic carbocycles. The quantitative estimate of drug-likeness (QED) is 0.479. The van der Waals surface area contributed by atoms with E-state index in [0.29, 0.717) is 31.1 Å². The minimum atomic E-state index is -0.495. The summed E-state index contributed by atoms with van der Waals surface area (Å²) in [5.41, 5.74) is 2.38. The van der Waals surface area contributed by atoms with Crippen molar-refractivity contribution in [1.82, 2.24) is 10.2 Å². The van der Waals surface area contributed by atoms with E-state index >= 15 is 0 Å². The second-order valence-electron chi connectivity index (χ2n) is 9.60. The van der Waals surface area contributed by atoms with Gasteiger partial charge in [-0.1, -0.05) is 82.5 Å². The first-order valence-electron chi connectivity index (χ1n) is 12.8. The van der Waals surface area contributed by atoms with Gasteiger partial charge >= 0.3 is 0 Å². The molecule has 34 heavy (non-hydrogen) atoms. The van der Waals surface area contributed by atoms with Crippen molar-refractivity contribution in [3.8, 4) is 5.75 Å². The van der Waals surface area contributed by atoms with Crippen molar-refractivity contribution in [2.75, 3.05) is 13.2 Å². The maximum Gasteiger partial charge on any atom is 0.261 e. The van der Waals surface area contributed by atoms with E-state index in [-0.39, 0.29) is 24.5 Å². The van der Waals surface area contributed by atoms with Crippen LogP contribution in [0.25, 0.3) is 0 Å². The molecule has 1 atom stereocenters. The first kappa shape index (κ1) is 25.8. The predicted octanol–water partition coefficient (Wildman–Crippen LogP) is 5.49. The van der Waals surface area contributed by atoms with Crippen LogP contribution in [0.15, 0.2) is 54.6 Å². The number of benzene rings is 2. The van der Waals surface area contributed by atoms with Crippen molar-refractivity contribution in [2.24, 2.45) is 0 Å². The van der Waals surface area contributed by atoms with Crippen LogP contribution in [-0.2, 0) is 16.0 Å². The van der Waals surface area contributed by atoms with E-state index in [2.05, 4.69) is 31.3 Å². The third-order valence-electron chi connectivity index (χ3n) is 6.73. The van der Waals surface area contributed by atoms with Gasteiger partial charge in [0.25, 0.3) is 5.91 Å². The van der Waals surface area contributed by atoms with E-state index in [1.807, 2.05) is 49.4 Å². The van der Waals surface area contributed by atoms with Gasteiger partial charge in [0.2, 0.25) is 5.91 Å². The largest absolute Gasteiger partial charge is 0.484 e. The molecule has 0 aromatic heterocycles. The van der Waals surface area contributed by atoms with Crippen molar-refractivity contribution >= 4 is 11.8 Å². The van der Waals surface area contributed by atoms with Crippen molar-refractivity contribution in [3.05, 3.63) is 65.7 Å². The Labute approximate surface area is 204 Å². The highest BCUT2D eigenvalue weighted by molar-refractivity contribution is 5.88. The third kappa shape index (κ3) is 7.61. The van der Waals surface area contributed by atoms with E-state index in [0.717, 1.165) is 31.2 Å². The summed E-state index contributed by atoms with van der Waals surface area (Å²) in [7, 11) is 0. The van der Waals surface area contributed by atoms with Crippen LogP contribution < -0.4 is 10.1 Å². The monoisotopic (exact) mass is 464 g/mol. The van der Waals surface area contributed by atoms with Crippen LogP contribution in [0.2, 0.25) is 0 Å². The van der Waals surface area contributed by atoms with Gasteiger partial charge in [0.15, 0.2) is 6.61 Å². The number of amides is 2. The molecule has 2 aromatic carbocycles. The van der Waals surface area contributed by atoms with Gasteiger partial charge in [0, 0.05) is 12.6 Å². The van der Waals surface area contributed by atoms with Gasteiger partial charge in [-0.25, -0.2) is 0 Å². The first-order chi connectivity index (χ1) is 16.5. The summed E-state index contributed by atoms with van der Waals surface area (Å²) in [5.74, 6) is 0.907. The van der Waals surface area contributed by atoms with Crippen LogP contribution in [0.1, 0.15) is 76.3 Å². The molecule has 0 heterocycles. The number of carbonyl (C=O) groups excluding carboxylic acids is 2. The van der Waals surface area contributed by atoms with E-state index in [1.165, 1.54) is 12.0 Å². The lowest BCUT2D eigenvalue weighted by Gasteiger charge is -2.32. The molecule has 1 fully saturated rings. The fourth-order valence-electron chi connectivity index (χ4n) is 4.62. The molecule has 1 N–H and O–H groups in total. The molecule has 1 aliphatic rings. The summed E-state index contributed by atoms with van der Waals surface area (Å²) >= 11 is 0. The standard InChI is InChI=1S/C29H40N2O3/c1-4-27(29(33)30-25-13-9-6-10-14-25)31(20-19-23-11-7-5-8-12-23)28(32)21-34-26-17-15-24(16-18-26)22(2)3/h5,7-8,11-12,15-18,22,25,27H,4,6,9-10,13-14,19-21H2,1-3H3,(H,30,33)/t27-/m0/s1. The maximum absolute atomic E-state index is 13.3. The second-order valence-corrected chi connectivity index (χ2v) is 9.60. The maximum atomic E-state index is 13.3. The lowest BCUT2D eigenvalue weighted by molar-refractivity contribution is -0.142. The Kier molecular flexibility index (Phi) is 9.99. The van der Waals surface area contributed by atoms with Gasteiger partial charge in [0.1, 0.15) is 11.8 Å². The number of hydrogen-bond acceptors (Lipinski definition) is 3. The first-order valence-corrected chi connectivity index (χ1v) is 12.8. The Morgan fingerprint density at radius 2 is 1.68 bits per heavy atom. The van der Waals surface area contributed by atoms with Crippen LogP contribution in [0.4, 0.5) is 0 Å². The minimum absolute atomic E-state index is 0.0444. The number of rotatable bonds is 11. The Morgan fingerprint density at radius 1 is 1.00 bits per heavy atom. The van der Waals surface area contributed by atoms with Crippen molar-refractivity contribution in [2.45, 2.75) is 83.7 Å². The van der Waals surface area contributed by atoms with Crippen LogP contribution in [0, 0.1) is 0 Å².